The predicted octanol–water partition coefficient (Wildman–Crippen LogP) is 4.94. The summed E-state index contributed by atoms with van der Waals surface area (Å²) in [5.41, 5.74) is 0.948. The van der Waals surface area contributed by atoms with Crippen LogP contribution in [0.25, 0.3) is 0 Å². The Labute approximate surface area is 142 Å². The number of anilines is 1. The van der Waals surface area contributed by atoms with Crippen molar-refractivity contribution in [1.82, 2.24) is 0 Å². The summed E-state index contributed by atoms with van der Waals surface area (Å²) in [6, 6.07) is 9.36. The van der Waals surface area contributed by atoms with Crippen LogP contribution in [0, 0.1) is 13.0 Å². The van der Waals surface area contributed by atoms with Crippen molar-refractivity contribution in [3.8, 4) is 0 Å². The zero-order valence-corrected chi connectivity index (χ0v) is 14.5. The van der Waals surface area contributed by atoms with Crippen LogP contribution < -0.4 is 5.32 Å². The van der Waals surface area contributed by atoms with Crippen LogP contribution in [-0.4, -0.2) is 5.91 Å². The third-order valence-electron chi connectivity index (χ3n) is 2.36. The highest BCUT2D eigenvalue weighted by Crippen LogP contribution is 2.25. The number of halogens is 4. The molecule has 0 aliphatic carbocycles. The number of rotatable bonds is 2. The van der Waals surface area contributed by atoms with Gasteiger partial charge in [-0.2, -0.15) is 0 Å². The minimum absolute atomic E-state index is 0.312. The van der Waals surface area contributed by atoms with Gasteiger partial charge in [-0.15, -0.1) is 0 Å². The van der Waals surface area contributed by atoms with Crippen LogP contribution in [0.2, 0.25) is 5.02 Å². The molecule has 0 radical (unpaired) electrons. The summed E-state index contributed by atoms with van der Waals surface area (Å²) in [6.45, 7) is 0. The molecular formula is C13H7ClFI2NO. The molecule has 98 valence electrons. The fraction of sp³-hybridized carbons (Fsp3) is 0. The summed E-state index contributed by atoms with van der Waals surface area (Å²) < 4.78 is 14.5. The molecule has 0 saturated heterocycles. The Balaban J connectivity index is 2.25. The van der Waals surface area contributed by atoms with E-state index >= 15 is 0 Å². The Hall–Kier alpha value is -0.410. The average molecular weight is 501 g/mol. The number of nitrogens with one attached hydrogen (secondary N) is 1. The van der Waals surface area contributed by atoms with Gasteiger partial charge in [-0.05, 0) is 81.6 Å². The molecule has 2 rings (SSSR count). The zero-order valence-electron chi connectivity index (χ0n) is 9.38. The standard InChI is InChI=1S/C13H7ClFI2NO/c14-10-6-8(16)2-4-12(10)18-13(19)9-3-1-7(15)5-11(9)17/h1-6H,(H,18,19). The molecule has 19 heavy (non-hydrogen) atoms. The second-order valence-electron chi connectivity index (χ2n) is 3.70. The van der Waals surface area contributed by atoms with E-state index in [1.165, 1.54) is 18.2 Å². The Morgan fingerprint density at radius 3 is 2.53 bits per heavy atom. The van der Waals surface area contributed by atoms with E-state index in [0.29, 0.717) is 19.8 Å². The number of carbonyl (C=O) groups excluding carboxylic acids is 1. The second kappa shape index (κ2) is 6.36. The fourth-order valence-electron chi connectivity index (χ4n) is 1.45. The molecule has 2 aromatic rings. The third kappa shape index (κ3) is 3.79. The molecule has 1 N–H and O–H groups in total. The topological polar surface area (TPSA) is 29.1 Å². The Morgan fingerprint density at radius 1 is 1.16 bits per heavy atom. The molecule has 0 fully saturated rings. The van der Waals surface area contributed by atoms with Crippen molar-refractivity contribution in [2.24, 2.45) is 0 Å². The SMILES string of the molecule is O=C(Nc1ccc(I)cc1Cl)c1ccc(F)cc1I. The molecular weight excluding hydrogens is 494 g/mol. The number of hydrogen-bond donors (Lipinski definition) is 1. The first-order chi connectivity index (χ1) is 8.97. The number of amides is 1. The van der Waals surface area contributed by atoms with Crippen molar-refractivity contribution in [2.45, 2.75) is 0 Å². The summed E-state index contributed by atoms with van der Waals surface area (Å²) in [6.07, 6.45) is 0. The van der Waals surface area contributed by atoms with Crippen LogP contribution in [0.5, 0.6) is 0 Å². The highest BCUT2D eigenvalue weighted by atomic mass is 127. The third-order valence-corrected chi connectivity index (χ3v) is 4.23. The van der Waals surface area contributed by atoms with Crippen molar-refractivity contribution >= 4 is 68.4 Å². The van der Waals surface area contributed by atoms with Crippen LogP contribution in [0.3, 0.4) is 0 Å². The maximum atomic E-state index is 13.0. The first-order valence-electron chi connectivity index (χ1n) is 5.19. The average Bonchev–Trinajstić information content (AvgIpc) is 2.32. The largest absolute Gasteiger partial charge is 0.321 e. The van der Waals surface area contributed by atoms with E-state index in [0.717, 1.165) is 3.57 Å². The molecule has 0 aliphatic heterocycles. The Morgan fingerprint density at radius 2 is 1.89 bits per heavy atom. The Kier molecular flexibility index (Phi) is 5.02. The lowest BCUT2D eigenvalue weighted by Crippen LogP contribution is -2.13. The molecule has 0 atom stereocenters. The van der Waals surface area contributed by atoms with Gasteiger partial charge in [0.1, 0.15) is 5.82 Å². The molecule has 0 unspecified atom stereocenters. The fourth-order valence-corrected chi connectivity index (χ4v) is 3.08. The van der Waals surface area contributed by atoms with E-state index in [1.807, 2.05) is 28.7 Å². The van der Waals surface area contributed by atoms with Gasteiger partial charge in [-0.1, -0.05) is 11.6 Å². The summed E-state index contributed by atoms with van der Waals surface area (Å²) in [7, 11) is 0. The predicted molar refractivity (Wildman–Crippen MR) is 91.2 cm³/mol. The smallest absolute Gasteiger partial charge is 0.256 e. The van der Waals surface area contributed by atoms with Gasteiger partial charge < -0.3 is 5.32 Å². The molecule has 0 aliphatic rings. The van der Waals surface area contributed by atoms with Crippen LogP contribution in [0.15, 0.2) is 36.4 Å². The van der Waals surface area contributed by atoms with Gasteiger partial charge >= 0.3 is 0 Å². The highest BCUT2D eigenvalue weighted by Gasteiger charge is 2.12. The lowest BCUT2D eigenvalue weighted by atomic mass is 10.2. The van der Waals surface area contributed by atoms with Gasteiger partial charge in [0.2, 0.25) is 0 Å². The second-order valence-corrected chi connectivity index (χ2v) is 6.52. The molecule has 0 aromatic heterocycles. The van der Waals surface area contributed by atoms with Gasteiger partial charge in [0, 0.05) is 7.14 Å². The minimum atomic E-state index is -0.367. The van der Waals surface area contributed by atoms with Crippen LogP contribution in [-0.2, 0) is 0 Å². The lowest BCUT2D eigenvalue weighted by Gasteiger charge is -2.09. The first-order valence-corrected chi connectivity index (χ1v) is 7.72. The van der Waals surface area contributed by atoms with Gasteiger partial charge in [-0.3, -0.25) is 4.79 Å². The molecule has 0 spiro atoms. The van der Waals surface area contributed by atoms with Crippen LogP contribution >= 0.6 is 56.8 Å². The van der Waals surface area contributed by atoms with Gasteiger partial charge in [-0.25, -0.2) is 4.39 Å². The van der Waals surface area contributed by atoms with E-state index in [1.54, 1.807) is 12.1 Å². The quantitative estimate of drug-likeness (QED) is 0.581. The molecule has 6 heteroatoms. The number of carbonyl (C=O) groups is 1. The van der Waals surface area contributed by atoms with E-state index in [9.17, 15) is 9.18 Å². The summed E-state index contributed by atoms with van der Waals surface area (Å²) >= 11 is 10.1. The molecule has 0 heterocycles. The van der Waals surface area contributed by atoms with Crippen molar-refractivity contribution in [1.29, 1.82) is 0 Å². The first kappa shape index (κ1) is 15.0. The maximum absolute atomic E-state index is 13.0. The van der Waals surface area contributed by atoms with Crippen LogP contribution in [0.1, 0.15) is 10.4 Å². The summed E-state index contributed by atoms with van der Waals surface area (Å²) in [4.78, 5) is 12.1. The van der Waals surface area contributed by atoms with E-state index in [-0.39, 0.29) is 11.7 Å². The van der Waals surface area contributed by atoms with E-state index in [4.69, 9.17) is 11.6 Å². The Bertz CT molecular complexity index is 649. The monoisotopic (exact) mass is 501 g/mol. The summed E-state index contributed by atoms with van der Waals surface area (Å²) in [5.74, 6) is -0.680. The van der Waals surface area contributed by atoms with E-state index < -0.39 is 0 Å². The van der Waals surface area contributed by atoms with Crippen molar-refractivity contribution in [3.63, 3.8) is 0 Å². The molecule has 0 bridgehead atoms. The van der Waals surface area contributed by atoms with Crippen molar-refractivity contribution in [3.05, 3.63) is 59.9 Å². The highest BCUT2D eigenvalue weighted by molar-refractivity contribution is 14.1. The van der Waals surface area contributed by atoms with Crippen molar-refractivity contribution in [2.75, 3.05) is 5.32 Å². The van der Waals surface area contributed by atoms with Gasteiger partial charge in [0.25, 0.3) is 5.91 Å². The lowest BCUT2D eigenvalue weighted by molar-refractivity contribution is 0.102. The molecule has 0 saturated carbocycles. The maximum Gasteiger partial charge on any atom is 0.256 e. The number of benzene rings is 2. The normalized spacial score (nSPS) is 10.3. The van der Waals surface area contributed by atoms with Gasteiger partial charge in [0.15, 0.2) is 0 Å². The van der Waals surface area contributed by atoms with E-state index in [2.05, 4.69) is 27.9 Å². The molecule has 1 amide bonds. The van der Waals surface area contributed by atoms with Crippen LogP contribution in [0.4, 0.5) is 10.1 Å². The molecule has 2 nitrogen and oxygen atoms in total. The minimum Gasteiger partial charge on any atom is -0.321 e. The molecule has 2 aromatic carbocycles. The van der Waals surface area contributed by atoms with Crippen molar-refractivity contribution < 1.29 is 9.18 Å². The van der Waals surface area contributed by atoms with Gasteiger partial charge in [0.05, 0.1) is 16.3 Å². The summed E-state index contributed by atoms with van der Waals surface area (Å²) in [5, 5.41) is 3.18. The number of hydrogen-bond acceptors (Lipinski definition) is 1. The zero-order chi connectivity index (χ0) is 14.0.